The molecule has 2 heterocycles. The van der Waals surface area contributed by atoms with Gasteiger partial charge < -0.3 is 9.64 Å². The van der Waals surface area contributed by atoms with Gasteiger partial charge in [-0.1, -0.05) is 42.0 Å². The predicted octanol–water partition coefficient (Wildman–Crippen LogP) is 4.36. The van der Waals surface area contributed by atoms with Gasteiger partial charge in [0.1, 0.15) is 11.3 Å². The second-order valence-electron chi connectivity index (χ2n) is 8.34. The van der Waals surface area contributed by atoms with Crippen molar-refractivity contribution in [2.45, 2.75) is 20.0 Å². The van der Waals surface area contributed by atoms with Crippen LogP contribution < -0.4 is 19.9 Å². The lowest BCUT2D eigenvalue weighted by molar-refractivity contribution is -0.122. The van der Waals surface area contributed by atoms with Gasteiger partial charge in [0.05, 0.1) is 12.8 Å². The van der Waals surface area contributed by atoms with Crippen molar-refractivity contribution in [1.29, 1.82) is 0 Å². The third-order valence-corrected chi connectivity index (χ3v) is 6.40. The second kappa shape index (κ2) is 8.76. The number of nitrogens with zero attached hydrogens (tertiary/aromatic N) is 2. The minimum atomic E-state index is -0.528. The molecule has 170 valence electrons. The van der Waals surface area contributed by atoms with E-state index in [1.165, 1.54) is 16.0 Å². The fourth-order valence-electron chi connectivity index (χ4n) is 4.27. The third-order valence-electron chi connectivity index (χ3n) is 6.12. The molecule has 5 rings (SSSR count). The highest BCUT2D eigenvalue weighted by Crippen LogP contribution is 2.33. The zero-order valence-electron chi connectivity index (χ0n) is 18.9. The van der Waals surface area contributed by atoms with E-state index in [1.807, 2.05) is 37.3 Å². The summed E-state index contributed by atoms with van der Waals surface area (Å²) in [4.78, 5) is 29.6. The molecule has 0 atom stereocenters. The molecule has 2 amide bonds. The van der Waals surface area contributed by atoms with Crippen molar-refractivity contribution in [1.82, 2.24) is 5.32 Å². The van der Waals surface area contributed by atoms with E-state index in [-0.39, 0.29) is 10.7 Å². The van der Waals surface area contributed by atoms with Crippen molar-refractivity contribution in [2.75, 3.05) is 16.9 Å². The lowest BCUT2D eigenvalue weighted by atomic mass is 10.1. The molecule has 1 N–H and O–H groups in total. The minimum Gasteiger partial charge on any atom is -0.496 e. The third kappa shape index (κ3) is 3.95. The van der Waals surface area contributed by atoms with Crippen molar-refractivity contribution >= 4 is 46.6 Å². The number of thiocarbonyl (C=S) groups is 1. The van der Waals surface area contributed by atoms with Crippen LogP contribution in [-0.2, 0) is 22.7 Å². The summed E-state index contributed by atoms with van der Waals surface area (Å²) in [6, 6.07) is 21.6. The van der Waals surface area contributed by atoms with E-state index in [2.05, 4.69) is 34.5 Å². The van der Waals surface area contributed by atoms with Crippen molar-refractivity contribution in [2.24, 2.45) is 0 Å². The molecular weight excluding hydrogens is 446 g/mol. The molecule has 2 aliphatic rings. The molecule has 34 heavy (non-hydrogen) atoms. The van der Waals surface area contributed by atoms with E-state index < -0.39 is 11.8 Å². The average Bonchev–Trinajstić information content (AvgIpc) is 3.27. The Hall–Kier alpha value is -3.97. The molecule has 7 heteroatoms. The first-order valence-electron chi connectivity index (χ1n) is 10.9. The Morgan fingerprint density at radius 3 is 2.24 bits per heavy atom. The number of rotatable bonds is 4. The first-order chi connectivity index (χ1) is 16.4. The number of methoxy groups -OCH3 is 1. The van der Waals surface area contributed by atoms with Gasteiger partial charge >= 0.3 is 0 Å². The summed E-state index contributed by atoms with van der Waals surface area (Å²) in [7, 11) is 1.58. The quantitative estimate of drug-likeness (QED) is 0.350. The fraction of sp³-hybridized carbons (Fsp3) is 0.148. The number of anilines is 2. The highest BCUT2D eigenvalue weighted by molar-refractivity contribution is 7.80. The van der Waals surface area contributed by atoms with Gasteiger partial charge in [-0.05, 0) is 60.6 Å². The van der Waals surface area contributed by atoms with Crippen LogP contribution in [0.25, 0.3) is 6.08 Å². The van der Waals surface area contributed by atoms with Gasteiger partial charge in [-0.3, -0.25) is 19.8 Å². The number of carbonyl (C=O) groups is 2. The van der Waals surface area contributed by atoms with E-state index in [1.54, 1.807) is 25.3 Å². The van der Waals surface area contributed by atoms with E-state index in [0.717, 1.165) is 24.3 Å². The number of hydrogen-bond acceptors (Lipinski definition) is 5. The molecule has 1 fully saturated rings. The fourth-order valence-corrected chi connectivity index (χ4v) is 4.55. The predicted molar refractivity (Wildman–Crippen MR) is 137 cm³/mol. The lowest BCUT2D eigenvalue weighted by Crippen LogP contribution is -2.54. The number of amides is 2. The maximum Gasteiger partial charge on any atom is 0.270 e. The van der Waals surface area contributed by atoms with Gasteiger partial charge in [-0.2, -0.15) is 0 Å². The summed E-state index contributed by atoms with van der Waals surface area (Å²) >= 11 is 5.29. The molecule has 0 aromatic heterocycles. The number of fused-ring (bicyclic) bond motifs is 1. The van der Waals surface area contributed by atoms with Crippen molar-refractivity contribution in [3.63, 3.8) is 0 Å². The van der Waals surface area contributed by atoms with Gasteiger partial charge in [0.15, 0.2) is 5.11 Å². The number of carbonyl (C=O) groups excluding carboxylic acids is 2. The van der Waals surface area contributed by atoms with Gasteiger partial charge in [0, 0.05) is 30.4 Å². The normalized spacial score (nSPS) is 16.6. The number of ether oxygens (including phenoxy) is 1. The first-order valence-corrected chi connectivity index (χ1v) is 11.3. The van der Waals surface area contributed by atoms with Crippen LogP contribution in [0.2, 0.25) is 0 Å². The van der Waals surface area contributed by atoms with E-state index in [4.69, 9.17) is 17.0 Å². The smallest absolute Gasteiger partial charge is 0.270 e. The Labute approximate surface area is 203 Å². The summed E-state index contributed by atoms with van der Waals surface area (Å²) in [5.74, 6) is -0.421. The average molecular weight is 470 g/mol. The van der Waals surface area contributed by atoms with Gasteiger partial charge in [0.25, 0.3) is 11.8 Å². The molecular formula is C27H23N3O3S. The number of aryl methyl sites for hydroxylation is 1. The van der Waals surface area contributed by atoms with E-state index in [9.17, 15) is 9.59 Å². The van der Waals surface area contributed by atoms with Crippen LogP contribution >= 0.6 is 12.2 Å². The number of benzene rings is 3. The summed E-state index contributed by atoms with van der Waals surface area (Å²) in [5, 5.41) is 2.69. The largest absolute Gasteiger partial charge is 0.496 e. The zero-order valence-corrected chi connectivity index (χ0v) is 19.7. The molecule has 0 bridgehead atoms. The summed E-state index contributed by atoms with van der Waals surface area (Å²) in [6.45, 7) is 3.61. The van der Waals surface area contributed by atoms with Crippen LogP contribution in [0.15, 0.2) is 72.3 Å². The summed E-state index contributed by atoms with van der Waals surface area (Å²) in [6.07, 6.45) is 1.56. The Balaban J connectivity index is 1.46. The SMILES string of the molecule is COc1cc(N2Cc3ccccc3C2)ccc1C=C1C(=O)NC(=S)N(c2ccc(C)cc2)C1=O. The van der Waals surface area contributed by atoms with Crippen molar-refractivity contribution in [3.05, 3.63) is 94.6 Å². The highest BCUT2D eigenvalue weighted by Gasteiger charge is 2.34. The molecule has 0 saturated carbocycles. The molecule has 3 aromatic rings. The topological polar surface area (TPSA) is 61.9 Å². The van der Waals surface area contributed by atoms with Gasteiger partial charge in [0.2, 0.25) is 0 Å². The van der Waals surface area contributed by atoms with Crippen LogP contribution in [0.5, 0.6) is 5.75 Å². The van der Waals surface area contributed by atoms with Crippen LogP contribution in [0.1, 0.15) is 22.3 Å². The Morgan fingerprint density at radius 2 is 1.59 bits per heavy atom. The van der Waals surface area contributed by atoms with Gasteiger partial charge in [-0.15, -0.1) is 0 Å². The van der Waals surface area contributed by atoms with E-state index in [0.29, 0.717) is 17.0 Å². The summed E-state index contributed by atoms with van der Waals surface area (Å²) < 4.78 is 5.63. The summed E-state index contributed by atoms with van der Waals surface area (Å²) in [5.41, 5.74) is 5.92. The van der Waals surface area contributed by atoms with Crippen LogP contribution in [0.3, 0.4) is 0 Å². The highest BCUT2D eigenvalue weighted by atomic mass is 32.1. The number of nitrogens with one attached hydrogen (secondary N) is 1. The molecule has 1 saturated heterocycles. The molecule has 0 unspecified atom stereocenters. The molecule has 0 radical (unpaired) electrons. The number of hydrogen-bond donors (Lipinski definition) is 1. The van der Waals surface area contributed by atoms with Crippen LogP contribution in [-0.4, -0.2) is 24.0 Å². The van der Waals surface area contributed by atoms with E-state index >= 15 is 0 Å². The maximum atomic E-state index is 13.3. The Morgan fingerprint density at radius 1 is 0.941 bits per heavy atom. The second-order valence-corrected chi connectivity index (χ2v) is 8.73. The van der Waals surface area contributed by atoms with Crippen molar-refractivity contribution < 1.29 is 14.3 Å². The molecule has 6 nitrogen and oxygen atoms in total. The molecule has 3 aromatic carbocycles. The lowest BCUT2D eigenvalue weighted by Gasteiger charge is -2.29. The standard InChI is InChI=1S/C27H23N3O3S/c1-17-7-10-21(11-8-17)30-26(32)23(25(31)28-27(30)34)13-18-9-12-22(14-24(18)33-2)29-15-19-5-3-4-6-20(19)16-29/h3-14H,15-16H2,1-2H3,(H,28,31,34). The first kappa shape index (κ1) is 21.9. The zero-order chi connectivity index (χ0) is 23.8. The van der Waals surface area contributed by atoms with Gasteiger partial charge in [-0.25, -0.2) is 0 Å². The maximum absolute atomic E-state index is 13.3. The van der Waals surface area contributed by atoms with Crippen molar-refractivity contribution in [3.8, 4) is 5.75 Å². The Bertz CT molecular complexity index is 1320. The Kier molecular flexibility index (Phi) is 5.63. The van der Waals surface area contributed by atoms with Crippen LogP contribution in [0.4, 0.5) is 11.4 Å². The van der Waals surface area contributed by atoms with Crippen LogP contribution in [0, 0.1) is 6.92 Å². The minimum absolute atomic E-state index is 0.00574. The molecule has 0 aliphatic carbocycles. The molecule has 2 aliphatic heterocycles. The molecule has 0 spiro atoms. The monoisotopic (exact) mass is 469 g/mol.